The maximum atomic E-state index is 12.3. The molecule has 3 rings (SSSR count). The maximum absolute atomic E-state index is 12.3. The summed E-state index contributed by atoms with van der Waals surface area (Å²) in [5.74, 6) is 1.20. The predicted molar refractivity (Wildman–Crippen MR) is 95.6 cm³/mol. The predicted octanol–water partition coefficient (Wildman–Crippen LogP) is 2.03. The first-order chi connectivity index (χ1) is 12.0. The van der Waals surface area contributed by atoms with Crippen molar-refractivity contribution in [3.8, 4) is 5.75 Å². The van der Waals surface area contributed by atoms with Crippen LogP contribution in [0.15, 0.2) is 41.5 Å². The summed E-state index contributed by atoms with van der Waals surface area (Å²) in [7, 11) is 1.64. The van der Waals surface area contributed by atoms with Crippen molar-refractivity contribution >= 4 is 23.5 Å². The standard InChI is InChI=1S/C17H21ClN4O3/c1-21-16(23)7-6-15(20-21)19-17(24)22-10-8-14(9-11-22)25-13-4-2-12(18)3-5-13/h2-7,14,16,23H,8-11H2,1H3,(H,19,20,24). The lowest BCUT2D eigenvalue weighted by molar-refractivity contribution is 0.0628. The van der Waals surface area contributed by atoms with Crippen LogP contribution >= 0.6 is 11.6 Å². The molecule has 2 N–H and O–H groups in total. The molecule has 0 aliphatic carbocycles. The quantitative estimate of drug-likeness (QED) is 0.841. The Morgan fingerprint density at radius 3 is 2.64 bits per heavy atom. The van der Waals surface area contributed by atoms with Crippen LogP contribution < -0.4 is 10.1 Å². The normalized spacial score (nSPS) is 21.1. The molecule has 1 aromatic rings. The smallest absolute Gasteiger partial charge is 0.323 e. The maximum Gasteiger partial charge on any atom is 0.323 e. The third-order valence-corrected chi connectivity index (χ3v) is 4.41. The number of hydrogen-bond donors (Lipinski definition) is 2. The van der Waals surface area contributed by atoms with Crippen LogP contribution in [0.1, 0.15) is 12.8 Å². The number of aliphatic hydroxyl groups excluding tert-OH is 1. The van der Waals surface area contributed by atoms with Crippen LogP contribution in [0, 0.1) is 0 Å². The molecule has 0 aromatic heterocycles. The van der Waals surface area contributed by atoms with Crippen LogP contribution in [-0.2, 0) is 0 Å². The molecule has 1 aromatic carbocycles. The van der Waals surface area contributed by atoms with Crippen LogP contribution in [-0.4, -0.2) is 59.4 Å². The lowest BCUT2D eigenvalue weighted by atomic mass is 10.1. The van der Waals surface area contributed by atoms with Crippen molar-refractivity contribution in [3.63, 3.8) is 0 Å². The van der Waals surface area contributed by atoms with E-state index in [9.17, 15) is 9.90 Å². The Hall–Kier alpha value is -2.25. The summed E-state index contributed by atoms with van der Waals surface area (Å²) >= 11 is 5.87. The molecule has 0 saturated carbocycles. The van der Waals surface area contributed by atoms with Gasteiger partial charge in [0.25, 0.3) is 0 Å². The molecular formula is C17H21ClN4O3. The molecule has 2 amide bonds. The highest BCUT2D eigenvalue weighted by Gasteiger charge is 2.25. The van der Waals surface area contributed by atoms with Gasteiger partial charge in [0.2, 0.25) is 0 Å². The fourth-order valence-corrected chi connectivity index (χ4v) is 2.83. The number of carbonyl (C=O) groups excluding carboxylic acids is 1. The number of hydrogen-bond acceptors (Lipinski definition) is 5. The minimum Gasteiger partial charge on any atom is -0.490 e. The third kappa shape index (κ3) is 4.64. The van der Waals surface area contributed by atoms with E-state index in [0.29, 0.717) is 23.9 Å². The highest BCUT2D eigenvalue weighted by atomic mass is 35.5. The summed E-state index contributed by atoms with van der Waals surface area (Å²) in [5, 5.41) is 18.4. The van der Waals surface area contributed by atoms with Crippen LogP contribution in [0.4, 0.5) is 4.79 Å². The summed E-state index contributed by atoms with van der Waals surface area (Å²) < 4.78 is 5.93. The van der Waals surface area contributed by atoms with Crippen molar-refractivity contribution < 1.29 is 14.6 Å². The number of likely N-dealkylation sites (N-methyl/N-ethyl adjacent to an activating group) is 1. The summed E-state index contributed by atoms with van der Waals surface area (Å²) in [6.07, 6.45) is 4.00. The minimum atomic E-state index is -0.763. The highest BCUT2D eigenvalue weighted by molar-refractivity contribution is 6.30. The topological polar surface area (TPSA) is 77.4 Å². The molecule has 0 radical (unpaired) electrons. The van der Waals surface area contributed by atoms with Gasteiger partial charge in [0.05, 0.1) is 0 Å². The molecule has 134 valence electrons. The number of amidine groups is 1. The second-order valence-corrected chi connectivity index (χ2v) is 6.46. The number of aliphatic hydroxyl groups is 1. The zero-order valence-electron chi connectivity index (χ0n) is 13.9. The zero-order chi connectivity index (χ0) is 17.8. The van der Waals surface area contributed by atoms with Gasteiger partial charge in [-0.1, -0.05) is 11.6 Å². The van der Waals surface area contributed by atoms with Gasteiger partial charge in [0.1, 0.15) is 11.9 Å². The van der Waals surface area contributed by atoms with Gasteiger partial charge in [0, 0.05) is 38.0 Å². The molecular weight excluding hydrogens is 344 g/mol. The van der Waals surface area contributed by atoms with Gasteiger partial charge in [-0.15, -0.1) is 0 Å². The number of carbonyl (C=O) groups is 1. The largest absolute Gasteiger partial charge is 0.490 e. The van der Waals surface area contributed by atoms with E-state index in [-0.39, 0.29) is 12.1 Å². The first-order valence-corrected chi connectivity index (χ1v) is 8.55. The number of amides is 2. The Bertz CT molecular complexity index is 669. The van der Waals surface area contributed by atoms with E-state index in [1.54, 1.807) is 36.2 Å². The van der Waals surface area contributed by atoms with E-state index < -0.39 is 6.23 Å². The van der Waals surface area contributed by atoms with E-state index in [4.69, 9.17) is 16.3 Å². The molecule has 7 nitrogen and oxygen atoms in total. The van der Waals surface area contributed by atoms with Gasteiger partial charge in [-0.2, -0.15) is 5.10 Å². The number of ether oxygens (including phenoxy) is 1. The van der Waals surface area contributed by atoms with Gasteiger partial charge >= 0.3 is 6.03 Å². The van der Waals surface area contributed by atoms with Crippen molar-refractivity contribution in [1.82, 2.24) is 15.2 Å². The van der Waals surface area contributed by atoms with Crippen molar-refractivity contribution in [2.24, 2.45) is 5.10 Å². The number of nitrogens with one attached hydrogen (secondary N) is 1. The fraction of sp³-hybridized carbons (Fsp3) is 0.412. The molecule has 0 bridgehead atoms. The molecule has 1 unspecified atom stereocenters. The van der Waals surface area contributed by atoms with Gasteiger partial charge in [-0.25, -0.2) is 4.79 Å². The van der Waals surface area contributed by atoms with Gasteiger partial charge in [0.15, 0.2) is 12.1 Å². The summed E-state index contributed by atoms with van der Waals surface area (Å²) in [4.78, 5) is 14.1. The number of piperidine rings is 1. The SMILES string of the molecule is CN1N=C(NC(=O)N2CCC(Oc3ccc(Cl)cc3)CC2)C=CC1O. The number of likely N-dealkylation sites (tertiary alicyclic amines) is 1. The molecule has 8 heteroatoms. The van der Waals surface area contributed by atoms with Crippen LogP contribution in [0.2, 0.25) is 5.02 Å². The summed E-state index contributed by atoms with van der Waals surface area (Å²) in [6, 6.07) is 7.09. The fourth-order valence-electron chi connectivity index (χ4n) is 2.70. The Morgan fingerprint density at radius 2 is 2.00 bits per heavy atom. The second kappa shape index (κ2) is 7.76. The number of rotatable bonds is 2. The van der Waals surface area contributed by atoms with E-state index in [1.807, 2.05) is 12.1 Å². The Kier molecular flexibility index (Phi) is 5.45. The first-order valence-electron chi connectivity index (χ1n) is 8.17. The molecule has 1 saturated heterocycles. The highest BCUT2D eigenvalue weighted by Crippen LogP contribution is 2.21. The lowest BCUT2D eigenvalue weighted by Crippen LogP contribution is -2.48. The van der Waals surface area contributed by atoms with Crippen molar-refractivity contribution in [2.45, 2.75) is 25.2 Å². The molecule has 2 aliphatic rings. The number of nitrogens with zero attached hydrogens (tertiary/aromatic N) is 3. The van der Waals surface area contributed by atoms with E-state index in [0.717, 1.165) is 18.6 Å². The average Bonchev–Trinajstić information content (AvgIpc) is 2.61. The number of urea groups is 1. The van der Waals surface area contributed by atoms with E-state index >= 15 is 0 Å². The van der Waals surface area contributed by atoms with Crippen LogP contribution in [0.5, 0.6) is 5.75 Å². The second-order valence-electron chi connectivity index (χ2n) is 6.02. The van der Waals surface area contributed by atoms with Crippen molar-refractivity contribution in [2.75, 3.05) is 20.1 Å². The lowest BCUT2D eigenvalue weighted by Gasteiger charge is -2.32. The van der Waals surface area contributed by atoms with E-state index in [1.165, 1.54) is 5.01 Å². The minimum absolute atomic E-state index is 0.0819. The Labute approximate surface area is 151 Å². The van der Waals surface area contributed by atoms with Crippen molar-refractivity contribution in [1.29, 1.82) is 0 Å². The van der Waals surface area contributed by atoms with Gasteiger partial charge in [-0.3, -0.25) is 10.3 Å². The third-order valence-electron chi connectivity index (χ3n) is 4.16. The van der Waals surface area contributed by atoms with Crippen molar-refractivity contribution in [3.05, 3.63) is 41.4 Å². The molecule has 1 atom stereocenters. The van der Waals surface area contributed by atoms with Crippen LogP contribution in [0.3, 0.4) is 0 Å². The molecule has 25 heavy (non-hydrogen) atoms. The Balaban J connectivity index is 1.47. The Morgan fingerprint density at radius 1 is 1.32 bits per heavy atom. The molecule has 2 aliphatic heterocycles. The van der Waals surface area contributed by atoms with Gasteiger partial charge in [-0.05, 0) is 36.4 Å². The zero-order valence-corrected chi connectivity index (χ0v) is 14.7. The average molecular weight is 365 g/mol. The molecule has 2 heterocycles. The number of hydrazone groups is 1. The molecule has 0 spiro atoms. The monoisotopic (exact) mass is 364 g/mol. The summed E-state index contributed by atoms with van der Waals surface area (Å²) in [6.45, 7) is 1.22. The van der Waals surface area contributed by atoms with Crippen LogP contribution in [0.25, 0.3) is 0 Å². The van der Waals surface area contributed by atoms with Gasteiger partial charge < -0.3 is 14.7 Å². The number of benzene rings is 1. The number of halogens is 1. The summed E-state index contributed by atoms with van der Waals surface area (Å²) in [5.41, 5.74) is 0. The van der Waals surface area contributed by atoms with E-state index in [2.05, 4.69) is 10.4 Å². The molecule has 1 fully saturated rings. The first kappa shape index (κ1) is 17.6.